The Balaban J connectivity index is 2.10. The molecular formula is C16H35N3. The van der Waals surface area contributed by atoms with Crippen LogP contribution < -0.4 is 5.32 Å². The van der Waals surface area contributed by atoms with Gasteiger partial charge in [0, 0.05) is 44.8 Å². The molecule has 2 atom stereocenters. The standard InChI is InChI=1S/C16H35N3/c1-6-19-12-11-18(13-16(19)5)10-9-17-15(4)8-7-14(2)3/h14-17H,6-13H2,1-5H3. The quantitative estimate of drug-likeness (QED) is 0.730. The van der Waals surface area contributed by atoms with Crippen LogP contribution in [0.25, 0.3) is 0 Å². The normalized spacial score (nSPS) is 24.0. The van der Waals surface area contributed by atoms with Crippen molar-refractivity contribution in [1.82, 2.24) is 15.1 Å². The highest BCUT2D eigenvalue weighted by atomic mass is 15.3. The molecule has 2 unspecified atom stereocenters. The summed E-state index contributed by atoms with van der Waals surface area (Å²) in [5.41, 5.74) is 0. The van der Waals surface area contributed by atoms with Gasteiger partial charge in [-0.15, -0.1) is 0 Å². The third kappa shape index (κ3) is 6.73. The third-order valence-corrected chi connectivity index (χ3v) is 4.35. The molecule has 1 aliphatic rings. The lowest BCUT2D eigenvalue weighted by atomic mass is 10.0. The highest BCUT2D eigenvalue weighted by Crippen LogP contribution is 2.09. The van der Waals surface area contributed by atoms with Crippen LogP contribution in [0, 0.1) is 5.92 Å². The van der Waals surface area contributed by atoms with Gasteiger partial charge < -0.3 is 5.32 Å². The minimum Gasteiger partial charge on any atom is -0.313 e. The van der Waals surface area contributed by atoms with E-state index in [1.165, 1.54) is 45.6 Å². The Labute approximate surface area is 120 Å². The summed E-state index contributed by atoms with van der Waals surface area (Å²) in [5.74, 6) is 0.826. The third-order valence-electron chi connectivity index (χ3n) is 4.35. The molecule has 0 saturated carbocycles. The van der Waals surface area contributed by atoms with Crippen molar-refractivity contribution in [2.75, 3.05) is 39.3 Å². The van der Waals surface area contributed by atoms with Crippen molar-refractivity contribution in [3.63, 3.8) is 0 Å². The molecule has 1 aliphatic heterocycles. The van der Waals surface area contributed by atoms with Gasteiger partial charge in [-0.25, -0.2) is 0 Å². The van der Waals surface area contributed by atoms with Crippen LogP contribution in [0.15, 0.2) is 0 Å². The summed E-state index contributed by atoms with van der Waals surface area (Å²) in [6, 6.07) is 1.38. The molecule has 0 aromatic carbocycles. The number of rotatable bonds is 8. The minimum atomic E-state index is 0.664. The maximum absolute atomic E-state index is 3.67. The Morgan fingerprint density at radius 3 is 2.47 bits per heavy atom. The maximum atomic E-state index is 3.67. The van der Waals surface area contributed by atoms with Crippen LogP contribution in [-0.2, 0) is 0 Å². The summed E-state index contributed by atoms with van der Waals surface area (Å²) in [6.07, 6.45) is 2.64. The maximum Gasteiger partial charge on any atom is 0.0195 e. The Bertz CT molecular complexity index is 230. The van der Waals surface area contributed by atoms with Gasteiger partial charge in [-0.05, 0) is 39.2 Å². The molecule has 1 heterocycles. The Morgan fingerprint density at radius 2 is 1.89 bits per heavy atom. The highest BCUT2D eigenvalue weighted by molar-refractivity contribution is 4.78. The van der Waals surface area contributed by atoms with Gasteiger partial charge in [0.15, 0.2) is 0 Å². The van der Waals surface area contributed by atoms with Gasteiger partial charge in [-0.3, -0.25) is 9.80 Å². The Hall–Kier alpha value is -0.120. The molecule has 0 aliphatic carbocycles. The van der Waals surface area contributed by atoms with E-state index in [-0.39, 0.29) is 0 Å². The fourth-order valence-electron chi connectivity index (χ4n) is 2.90. The molecule has 114 valence electrons. The number of hydrogen-bond donors (Lipinski definition) is 1. The summed E-state index contributed by atoms with van der Waals surface area (Å²) >= 11 is 0. The topological polar surface area (TPSA) is 18.5 Å². The van der Waals surface area contributed by atoms with Crippen LogP contribution in [0.5, 0.6) is 0 Å². The van der Waals surface area contributed by atoms with Crippen molar-refractivity contribution in [1.29, 1.82) is 0 Å². The average molecular weight is 269 g/mol. The predicted molar refractivity (Wildman–Crippen MR) is 84.7 cm³/mol. The number of hydrogen-bond acceptors (Lipinski definition) is 3. The fourth-order valence-corrected chi connectivity index (χ4v) is 2.90. The van der Waals surface area contributed by atoms with Gasteiger partial charge in [0.1, 0.15) is 0 Å². The first kappa shape index (κ1) is 16.9. The first-order chi connectivity index (χ1) is 9.02. The van der Waals surface area contributed by atoms with Gasteiger partial charge in [-0.1, -0.05) is 20.8 Å². The molecule has 1 saturated heterocycles. The lowest BCUT2D eigenvalue weighted by Gasteiger charge is -2.39. The Kier molecular flexibility index (Phi) is 7.96. The van der Waals surface area contributed by atoms with E-state index in [0.29, 0.717) is 6.04 Å². The minimum absolute atomic E-state index is 0.664. The van der Waals surface area contributed by atoms with Gasteiger partial charge in [0.25, 0.3) is 0 Å². The van der Waals surface area contributed by atoms with Crippen molar-refractivity contribution in [3.8, 4) is 0 Å². The molecule has 0 aromatic rings. The summed E-state index contributed by atoms with van der Waals surface area (Å²) in [5, 5.41) is 3.67. The molecule has 0 spiro atoms. The first-order valence-corrected chi connectivity index (χ1v) is 8.22. The van der Waals surface area contributed by atoms with Crippen LogP contribution in [0.1, 0.15) is 47.5 Å². The van der Waals surface area contributed by atoms with Crippen molar-refractivity contribution < 1.29 is 0 Å². The van der Waals surface area contributed by atoms with Gasteiger partial charge in [0.05, 0.1) is 0 Å². The number of nitrogens with one attached hydrogen (secondary N) is 1. The number of piperazine rings is 1. The molecule has 1 fully saturated rings. The predicted octanol–water partition coefficient (Wildman–Crippen LogP) is 2.43. The second-order valence-electron chi connectivity index (χ2n) is 6.60. The molecular weight excluding hydrogens is 234 g/mol. The molecule has 0 radical (unpaired) electrons. The zero-order valence-corrected chi connectivity index (χ0v) is 13.8. The monoisotopic (exact) mass is 269 g/mol. The molecule has 3 heteroatoms. The van der Waals surface area contributed by atoms with Crippen LogP contribution >= 0.6 is 0 Å². The van der Waals surface area contributed by atoms with Crippen molar-refractivity contribution in [2.24, 2.45) is 5.92 Å². The van der Waals surface area contributed by atoms with Crippen molar-refractivity contribution in [2.45, 2.75) is 59.5 Å². The highest BCUT2D eigenvalue weighted by Gasteiger charge is 2.21. The van der Waals surface area contributed by atoms with E-state index in [1.807, 2.05) is 0 Å². The van der Waals surface area contributed by atoms with Gasteiger partial charge in [-0.2, -0.15) is 0 Å². The second kappa shape index (κ2) is 8.93. The van der Waals surface area contributed by atoms with Crippen molar-refractivity contribution in [3.05, 3.63) is 0 Å². The lowest BCUT2D eigenvalue weighted by molar-refractivity contribution is 0.0882. The van der Waals surface area contributed by atoms with E-state index in [9.17, 15) is 0 Å². The van der Waals surface area contributed by atoms with E-state index in [2.05, 4.69) is 49.7 Å². The van der Waals surface area contributed by atoms with Crippen molar-refractivity contribution >= 4 is 0 Å². The zero-order chi connectivity index (χ0) is 14.3. The number of likely N-dealkylation sites (N-methyl/N-ethyl adjacent to an activating group) is 1. The van der Waals surface area contributed by atoms with Crippen LogP contribution in [0.4, 0.5) is 0 Å². The van der Waals surface area contributed by atoms with Crippen LogP contribution in [0.3, 0.4) is 0 Å². The smallest absolute Gasteiger partial charge is 0.0195 e. The average Bonchev–Trinajstić information content (AvgIpc) is 2.36. The van der Waals surface area contributed by atoms with E-state index < -0.39 is 0 Å². The zero-order valence-electron chi connectivity index (χ0n) is 13.8. The molecule has 3 nitrogen and oxygen atoms in total. The summed E-state index contributed by atoms with van der Waals surface area (Å²) < 4.78 is 0. The van der Waals surface area contributed by atoms with E-state index >= 15 is 0 Å². The van der Waals surface area contributed by atoms with E-state index in [4.69, 9.17) is 0 Å². The summed E-state index contributed by atoms with van der Waals surface area (Å²) in [6.45, 7) is 18.8. The molecule has 19 heavy (non-hydrogen) atoms. The molecule has 0 aromatic heterocycles. The fraction of sp³-hybridized carbons (Fsp3) is 1.00. The molecule has 1 rings (SSSR count). The molecule has 0 bridgehead atoms. The van der Waals surface area contributed by atoms with E-state index in [0.717, 1.165) is 18.5 Å². The SMILES string of the molecule is CCN1CCN(CCNC(C)CCC(C)C)CC1C. The lowest BCUT2D eigenvalue weighted by Crippen LogP contribution is -2.53. The number of nitrogens with zero attached hydrogens (tertiary/aromatic N) is 2. The second-order valence-corrected chi connectivity index (χ2v) is 6.60. The van der Waals surface area contributed by atoms with Crippen LogP contribution in [-0.4, -0.2) is 61.2 Å². The first-order valence-electron chi connectivity index (χ1n) is 8.22. The summed E-state index contributed by atoms with van der Waals surface area (Å²) in [4.78, 5) is 5.19. The molecule has 1 N–H and O–H groups in total. The largest absolute Gasteiger partial charge is 0.313 e. The van der Waals surface area contributed by atoms with E-state index in [1.54, 1.807) is 0 Å². The summed E-state index contributed by atoms with van der Waals surface area (Å²) in [7, 11) is 0. The van der Waals surface area contributed by atoms with Gasteiger partial charge >= 0.3 is 0 Å². The van der Waals surface area contributed by atoms with Crippen LogP contribution in [0.2, 0.25) is 0 Å². The Morgan fingerprint density at radius 1 is 1.16 bits per heavy atom. The molecule has 0 amide bonds. The van der Waals surface area contributed by atoms with Gasteiger partial charge in [0.2, 0.25) is 0 Å².